The normalized spacial score (nSPS) is 19.1. The van der Waals surface area contributed by atoms with E-state index in [-0.39, 0.29) is 5.91 Å². The molecule has 1 heterocycles. The monoisotopic (exact) mass is 227 g/mol. The van der Waals surface area contributed by atoms with Crippen LogP contribution in [0.5, 0.6) is 0 Å². The molecule has 1 amide bonds. The van der Waals surface area contributed by atoms with Crippen molar-refractivity contribution in [1.29, 1.82) is 0 Å². The molecule has 94 valence electrons. The van der Waals surface area contributed by atoms with Gasteiger partial charge >= 0.3 is 0 Å². The van der Waals surface area contributed by atoms with Gasteiger partial charge in [0, 0.05) is 26.2 Å². The molecule has 0 aliphatic carbocycles. The van der Waals surface area contributed by atoms with Crippen LogP contribution in [-0.4, -0.2) is 61.5 Å². The van der Waals surface area contributed by atoms with Crippen molar-refractivity contribution in [2.24, 2.45) is 0 Å². The molecule has 0 radical (unpaired) electrons. The molecule has 1 rings (SSSR count). The zero-order valence-electron chi connectivity index (χ0n) is 11.0. The van der Waals surface area contributed by atoms with Crippen molar-refractivity contribution in [3.05, 3.63) is 0 Å². The van der Waals surface area contributed by atoms with Gasteiger partial charge in [0.25, 0.3) is 0 Å². The van der Waals surface area contributed by atoms with Gasteiger partial charge in [0.15, 0.2) is 0 Å². The fourth-order valence-corrected chi connectivity index (χ4v) is 2.01. The zero-order chi connectivity index (χ0) is 12.1. The van der Waals surface area contributed by atoms with Crippen molar-refractivity contribution in [3.8, 4) is 0 Å². The number of hydrogen-bond acceptors (Lipinski definition) is 3. The summed E-state index contributed by atoms with van der Waals surface area (Å²) in [6, 6.07) is 1.16. The summed E-state index contributed by atoms with van der Waals surface area (Å²) in [6.45, 7) is 7.24. The molecule has 4 heteroatoms. The minimum absolute atomic E-state index is 0.159. The van der Waals surface area contributed by atoms with Crippen LogP contribution in [0.3, 0.4) is 0 Å². The molecule has 1 N–H and O–H groups in total. The molecule has 0 atom stereocenters. The molecule has 4 nitrogen and oxygen atoms in total. The van der Waals surface area contributed by atoms with E-state index in [2.05, 4.69) is 24.1 Å². The number of rotatable bonds is 4. The highest BCUT2D eigenvalue weighted by Gasteiger charge is 2.20. The van der Waals surface area contributed by atoms with E-state index in [1.165, 1.54) is 0 Å². The number of piperidine rings is 1. The quantitative estimate of drug-likeness (QED) is 0.761. The minimum atomic E-state index is 0.159. The highest BCUT2D eigenvalue weighted by Crippen LogP contribution is 2.12. The van der Waals surface area contributed by atoms with Crippen LogP contribution in [0.4, 0.5) is 0 Å². The molecule has 0 saturated carbocycles. The second-order valence-electron chi connectivity index (χ2n) is 5.07. The molecular formula is C12H25N3O. The van der Waals surface area contributed by atoms with E-state index in [4.69, 9.17) is 0 Å². The Bertz CT molecular complexity index is 220. The first-order valence-corrected chi connectivity index (χ1v) is 6.18. The van der Waals surface area contributed by atoms with Gasteiger partial charge in [-0.1, -0.05) is 0 Å². The standard InChI is InChI=1S/C12H25N3O/c1-10(2)15-7-5-11(6-8-15)13-9-12(16)14(3)4/h10-11,13H,5-9H2,1-4H3. The third-order valence-corrected chi connectivity index (χ3v) is 3.30. The molecule has 0 unspecified atom stereocenters. The van der Waals surface area contributed by atoms with Crippen molar-refractivity contribution < 1.29 is 4.79 Å². The summed E-state index contributed by atoms with van der Waals surface area (Å²) in [7, 11) is 3.59. The maximum atomic E-state index is 11.4. The van der Waals surface area contributed by atoms with Crippen molar-refractivity contribution in [1.82, 2.24) is 15.1 Å². The zero-order valence-corrected chi connectivity index (χ0v) is 11.0. The van der Waals surface area contributed by atoms with E-state index in [9.17, 15) is 4.79 Å². The first-order valence-electron chi connectivity index (χ1n) is 6.18. The van der Waals surface area contributed by atoms with Crippen LogP contribution in [0.25, 0.3) is 0 Å². The molecule has 16 heavy (non-hydrogen) atoms. The second kappa shape index (κ2) is 6.21. The lowest BCUT2D eigenvalue weighted by Crippen LogP contribution is -2.47. The van der Waals surface area contributed by atoms with E-state index in [1.54, 1.807) is 19.0 Å². The molecule has 1 saturated heterocycles. The number of likely N-dealkylation sites (N-methyl/N-ethyl adjacent to an activating group) is 1. The fraction of sp³-hybridized carbons (Fsp3) is 0.917. The van der Waals surface area contributed by atoms with Gasteiger partial charge in [0.05, 0.1) is 6.54 Å². The van der Waals surface area contributed by atoms with Gasteiger partial charge < -0.3 is 15.1 Å². The molecule has 0 aromatic rings. The van der Waals surface area contributed by atoms with Crippen LogP contribution in [0.1, 0.15) is 26.7 Å². The van der Waals surface area contributed by atoms with Gasteiger partial charge in [-0.25, -0.2) is 0 Å². The van der Waals surface area contributed by atoms with Crippen LogP contribution in [-0.2, 0) is 4.79 Å². The Morgan fingerprint density at radius 1 is 1.38 bits per heavy atom. The average molecular weight is 227 g/mol. The summed E-state index contributed by atoms with van der Waals surface area (Å²) in [5, 5.41) is 3.34. The Morgan fingerprint density at radius 3 is 2.38 bits per heavy atom. The van der Waals surface area contributed by atoms with Gasteiger partial charge in [0.1, 0.15) is 0 Å². The highest BCUT2D eigenvalue weighted by molar-refractivity contribution is 5.77. The minimum Gasteiger partial charge on any atom is -0.348 e. The second-order valence-corrected chi connectivity index (χ2v) is 5.07. The molecule has 1 fully saturated rings. The smallest absolute Gasteiger partial charge is 0.236 e. The Balaban J connectivity index is 2.20. The summed E-state index contributed by atoms with van der Waals surface area (Å²) in [4.78, 5) is 15.5. The summed E-state index contributed by atoms with van der Waals surface area (Å²) in [5.41, 5.74) is 0. The van der Waals surface area contributed by atoms with Crippen molar-refractivity contribution in [2.75, 3.05) is 33.7 Å². The lowest BCUT2D eigenvalue weighted by molar-refractivity contribution is -0.127. The third-order valence-electron chi connectivity index (χ3n) is 3.30. The van der Waals surface area contributed by atoms with Crippen LogP contribution >= 0.6 is 0 Å². The average Bonchev–Trinajstić information content (AvgIpc) is 2.26. The van der Waals surface area contributed by atoms with Crippen LogP contribution in [0, 0.1) is 0 Å². The van der Waals surface area contributed by atoms with E-state index < -0.39 is 0 Å². The molecular weight excluding hydrogens is 202 g/mol. The maximum absolute atomic E-state index is 11.4. The molecule has 1 aliphatic heterocycles. The summed E-state index contributed by atoms with van der Waals surface area (Å²) >= 11 is 0. The molecule has 1 aliphatic rings. The van der Waals surface area contributed by atoms with E-state index in [0.717, 1.165) is 25.9 Å². The van der Waals surface area contributed by atoms with Crippen LogP contribution in [0.15, 0.2) is 0 Å². The first-order chi connectivity index (χ1) is 7.50. The number of amides is 1. The number of carbonyl (C=O) groups excluding carboxylic acids is 1. The van der Waals surface area contributed by atoms with E-state index >= 15 is 0 Å². The first kappa shape index (κ1) is 13.5. The summed E-state index contributed by atoms with van der Waals surface area (Å²) in [5.74, 6) is 0.159. The summed E-state index contributed by atoms with van der Waals surface area (Å²) in [6.07, 6.45) is 2.30. The number of nitrogens with zero attached hydrogens (tertiary/aromatic N) is 2. The lowest BCUT2D eigenvalue weighted by atomic mass is 10.0. The number of nitrogens with one attached hydrogen (secondary N) is 1. The number of likely N-dealkylation sites (tertiary alicyclic amines) is 1. The van der Waals surface area contributed by atoms with Gasteiger partial charge in [-0.15, -0.1) is 0 Å². The van der Waals surface area contributed by atoms with E-state index in [1.807, 2.05) is 0 Å². The lowest BCUT2D eigenvalue weighted by Gasteiger charge is -2.35. The molecule has 0 bridgehead atoms. The highest BCUT2D eigenvalue weighted by atomic mass is 16.2. The Hall–Kier alpha value is -0.610. The molecule has 0 aromatic heterocycles. The Labute approximate surface area is 99.0 Å². The van der Waals surface area contributed by atoms with Crippen LogP contribution < -0.4 is 5.32 Å². The number of carbonyl (C=O) groups is 1. The van der Waals surface area contributed by atoms with Crippen LogP contribution in [0.2, 0.25) is 0 Å². The third kappa shape index (κ3) is 4.10. The van der Waals surface area contributed by atoms with E-state index in [0.29, 0.717) is 18.6 Å². The Morgan fingerprint density at radius 2 is 1.94 bits per heavy atom. The SMILES string of the molecule is CC(C)N1CCC(NCC(=O)N(C)C)CC1. The predicted octanol–water partition coefficient (Wildman–Crippen LogP) is 0.537. The van der Waals surface area contributed by atoms with Gasteiger partial charge in [-0.3, -0.25) is 4.79 Å². The van der Waals surface area contributed by atoms with Gasteiger partial charge in [0.2, 0.25) is 5.91 Å². The summed E-state index contributed by atoms with van der Waals surface area (Å²) < 4.78 is 0. The largest absolute Gasteiger partial charge is 0.348 e. The Kier molecular flexibility index (Phi) is 5.22. The van der Waals surface area contributed by atoms with Crippen molar-refractivity contribution in [2.45, 2.75) is 38.8 Å². The van der Waals surface area contributed by atoms with Gasteiger partial charge in [-0.2, -0.15) is 0 Å². The predicted molar refractivity (Wildman–Crippen MR) is 66.4 cm³/mol. The topological polar surface area (TPSA) is 35.6 Å². The molecule has 0 spiro atoms. The number of hydrogen-bond donors (Lipinski definition) is 1. The van der Waals surface area contributed by atoms with Gasteiger partial charge in [-0.05, 0) is 39.8 Å². The van der Waals surface area contributed by atoms with Crippen molar-refractivity contribution >= 4 is 5.91 Å². The molecule has 0 aromatic carbocycles. The van der Waals surface area contributed by atoms with Crippen molar-refractivity contribution in [3.63, 3.8) is 0 Å². The fourth-order valence-electron chi connectivity index (χ4n) is 2.01. The maximum Gasteiger partial charge on any atom is 0.236 e.